The van der Waals surface area contributed by atoms with Gasteiger partial charge in [-0.1, -0.05) is 24.2 Å². The van der Waals surface area contributed by atoms with E-state index in [-0.39, 0.29) is 17.7 Å². The van der Waals surface area contributed by atoms with Crippen LogP contribution in [-0.2, 0) is 9.59 Å². The first kappa shape index (κ1) is 19.8. The molecule has 1 aliphatic carbocycles. The fourth-order valence-corrected chi connectivity index (χ4v) is 4.94. The second kappa shape index (κ2) is 8.49. The molecular weight excluding hydrogens is 386 g/mol. The number of likely N-dealkylation sites (tertiary alicyclic amines) is 1. The summed E-state index contributed by atoms with van der Waals surface area (Å²) in [7, 11) is 3.99. The largest absolute Gasteiger partial charge is 0.378 e. The highest BCUT2D eigenvalue weighted by atomic mass is 32.1. The van der Waals surface area contributed by atoms with Gasteiger partial charge in [0.1, 0.15) is 11.0 Å². The fraction of sp³-hybridized carbons (Fsp3) is 0.524. The average molecular weight is 414 g/mol. The lowest BCUT2D eigenvalue weighted by atomic mass is 10.1. The molecule has 1 aliphatic heterocycles. The molecule has 0 spiro atoms. The number of carbonyl (C=O) groups excluding carboxylic acids is 2. The third kappa shape index (κ3) is 4.27. The molecule has 8 heteroatoms. The number of rotatable bonds is 5. The zero-order chi connectivity index (χ0) is 20.4. The van der Waals surface area contributed by atoms with Crippen LogP contribution < -0.4 is 10.2 Å². The van der Waals surface area contributed by atoms with Gasteiger partial charge < -0.3 is 9.80 Å². The Hall–Kier alpha value is -2.48. The van der Waals surface area contributed by atoms with Gasteiger partial charge in [-0.05, 0) is 49.9 Å². The highest BCUT2D eigenvalue weighted by Crippen LogP contribution is 2.31. The zero-order valence-corrected chi connectivity index (χ0v) is 17.7. The minimum Gasteiger partial charge on any atom is -0.378 e. The van der Waals surface area contributed by atoms with E-state index in [1.165, 1.54) is 11.3 Å². The van der Waals surface area contributed by atoms with E-state index in [0.29, 0.717) is 18.1 Å². The van der Waals surface area contributed by atoms with Gasteiger partial charge in [0.25, 0.3) is 0 Å². The Kier molecular flexibility index (Phi) is 5.80. The molecule has 2 heterocycles. The van der Waals surface area contributed by atoms with Crippen molar-refractivity contribution >= 4 is 34.0 Å². The van der Waals surface area contributed by atoms with Crippen LogP contribution in [0.5, 0.6) is 0 Å². The zero-order valence-electron chi connectivity index (χ0n) is 16.9. The lowest BCUT2D eigenvalue weighted by molar-refractivity contribution is -0.140. The Morgan fingerprint density at radius 3 is 2.48 bits per heavy atom. The molecular formula is C21H27N5O2S. The SMILES string of the molecule is CN(C)c1ccc(-c2nnc(NC(=O)C3CCCN3C(=O)C3CCCC3)s2)cc1. The molecule has 4 rings (SSSR count). The van der Waals surface area contributed by atoms with Crippen LogP contribution in [0.4, 0.5) is 10.8 Å². The molecule has 1 saturated heterocycles. The Bertz CT molecular complexity index is 873. The monoisotopic (exact) mass is 413 g/mol. The lowest BCUT2D eigenvalue weighted by Crippen LogP contribution is -2.45. The minimum atomic E-state index is -0.394. The van der Waals surface area contributed by atoms with E-state index in [4.69, 9.17) is 0 Å². The Morgan fingerprint density at radius 2 is 1.79 bits per heavy atom. The number of nitrogens with zero attached hydrogens (tertiary/aromatic N) is 4. The van der Waals surface area contributed by atoms with E-state index in [0.717, 1.165) is 48.4 Å². The molecule has 0 bridgehead atoms. The smallest absolute Gasteiger partial charge is 0.249 e. The molecule has 1 unspecified atom stereocenters. The van der Waals surface area contributed by atoms with Crippen molar-refractivity contribution in [1.82, 2.24) is 15.1 Å². The predicted molar refractivity (Wildman–Crippen MR) is 115 cm³/mol. The van der Waals surface area contributed by atoms with Crippen LogP contribution >= 0.6 is 11.3 Å². The molecule has 1 aromatic heterocycles. The van der Waals surface area contributed by atoms with Crippen molar-refractivity contribution in [3.8, 4) is 10.6 Å². The molecule has 1 saturated carbocycles. The predicted octanol–water partition coefficient (Wildman–Crippen LogP) is 3.39. The lowest BCUT2D eigenvalue weighted by Gasteiger charge is -2.26. The Balaban J connectivity index is 1.41. The molecule has 2 amide bonds. The number of nitrogens with one attached hydrogen (secondary N) is 1. The van der Waals surface area contributed by atoms with Crippen molar-refractivity contribution in [2.24, 2.45) is 5.92 Å². The Morgan fingerprint density at radius 1 is 1.07 bits per heavy atom. The molecule has 2 aromatic rings. The first-order valence-electron chi connectivity index (χ1n) is 10.3. The number of benzene rings is 1. The van der Waals surface area contributed by atoms with Crippen LogP contribution in [-0.4, -0.2) is 53.6 Å². The first-order valence-corrected chi connectivity index (χ1v) is 11.1. The highest BCUT2D eigenvalue weighted by molar-refractivity contribution is 7.18. The summed E-state index contributed by atoms with van der Waals surface area (Å²) in [6, 6.07) is 7.66. The quantitative estimate of drug-likeness (QED) is 0.813. The standard InChI is InChI=1S/C21H27N5O2S/c1-25(2)16-11-9-14(10-12-16)19-23-24-21(29-19)22-18(27)17-8-5-13-26(17)20(28)15-6-3-4-7-15/h9-12,15,17H,3-8,13H2,1-2H3,(H,22,24,27). The first-order chi connectivity index (χ1) is 14.0. The van der Waals surface area contributed by atoms with Crippen molar-refractivity contribution in [2.75, 3.05) is 30.9 Å². The Labute approximate surface area is 175 Å². The van der Waals surface area contributed by atoms with Gasteiger partial charge in [0.15, 0.2) is 0 Å². The van der Waals surface area contributed by atoms with Crippen LogP contribution in [0.2, 0.25) is 0 Å². The van der Waals surface area contributed by atoms with Gasteiger partial charge in [0, 0.05) is 37.8 Å². The minimum absolute atomic E-state index is 0.0988. The molecule has 7 nitrogen and oxygen atoms in total. The third-order valence-electron chi connectivity index (χ3n) is 5.83. The number of hydrogen-bond acceptors (Lipinski definition) is 6. The van der Waals surface area contributed by atoms with Crippen LogP contribution in [0, 0.1) is 5.92 Å². The second-order valence-electron chi connectivity index (χ2n) is 8.01. The summed E-state index contributed by atoms with van der Waals surface area (Å²) in [5.74, 6) is 0.0975. The van der Waals surface area contributed by atoms with Crippen LogP contribution in [0.3, 0.4) is 0 Å². The summed E-state index contributed by atoms with van der Waals surface area (Å²) in [5.41, 5.74) is 2.08. The van der Waals surface area contributed by atoms with Gasteiger partial charge in [0.2, 0.25) is 16.9 Å². The van der Waals surface area contributed by atoms with Gasteiger partial charge in [-0.15, -0.1) is 10.2 Å². The number of anilines is 2. The van der Waals surface area contributed by atoms with E-state index >= 15 is 0 Å². The number of amides is 2. The number of carbonyl (C=O) groups is 2. The summed E-state index contributed by atoms with van der Waals surface area (Å²) < 4.78 is 0. The molecule has 1 aromatic carbocycles. The summed E-state index contributed by atoms with van der Waals surface area (Å²) in [5, 5.41) is 12.5. The summed E-state index contributed by atoms with van der Waals surface area (Å²) >= 11 is 1.35. The van der Waals surface area contributed by atoms with Crippen molar-refractivity contribution in [3.05, 3.63) is 24.3 Å². The average Bonchev–Trinajstić information content (AvgIpc) is 3.48. The number of aromatic nitrogens is 2. The van der Waals surface area contributed by atoms with Crippen molar-refractivity contribution < 1.29 is 9.59 Å². The normalized spacial score (nSPS) is 19.5. The molecule has 1 atom stereocenters. The summed E-state index contributed by atoms with van der Waals surface area (Å²) in [4.78, 5) is 29.5. The van der Waals surface area contributed by atoms with Gasteiger partial charge in [-0.3, -0.25) is 14.9 Å². The fourth-order valence-electron chi connectivity index (χ4n) is 4.19. The molecule has 29 heavy (non-hydrogen) atoms. The summed E-state index contributed by atoms with van der Waals surface area (Å²) in [6.45, 7) is 0.674. The van der Waals surface area contributed by atoms with E-state index in [2.05, 4.69) is 15.5 Å². The molecule has 2 fully saturated rings. The molecule has 1 N–H and O–H groups in total. The maximum absolute atomic E-state index is 12.8. The molecule has 0 radical (unpaired) electrons. The molecule has 154 valence electrons. The van der Waals surface area contributed by atoms with E-state index in [9.17, 15) is 9.59 Å². The van der Waals surface area contributed by atoms with Crippen LogP contribution in [0.25, 0.3) is 10.6 Å². The summed E-state index contributed by atoms with van der Waals surface area (Å²) in [6.07, 6.45) is 5.72. The van der Waals surface area contributed by atoms with E-state index in [1.807, 2.05) is 43.3 Å². The van der Waals surface area contributed by atoms with Crippen molar-refractivity contribution in [2.45, 2.75) is 44.6 Å². The number of hydrogen-bond donors (Lipinski definition) is 1. The van der Waals surface area contributed by atoms with Crippen molar-refractivity contribution in [1.29, 1.82) is 0 Å². The molecule has 2 aliphatic rings. The third-order valence-corrected chi connectivity index (χ3v) is 6.72. The second-order valence-corrected chi connectivity index (χ2v) is 8.99. The van der Waals surface area contributed by atoms with Crippen molar-refractivity contribution in [3.63, 3.8) is 0 Å². The maximum atomic E-state index is 12.8. The van der Waals surface area contributed by atoms with Crippen LogP contribution in [0.1, 0.15) is 38.5 Å². The topological polar surface area (TPSA) is 78.4 Å². The van der Waals surface area contributed by atoms with E-state index in [1.54, 1.807) is 4.90 Å². The van der Waals surface area contributed by atoms with Gasteiger partial charge in [-0.2, -0.15) is 0 Å². The maximum Gasteiger partial charge on any atom is 0.249 e. The van der Waals surface area contributed by atoms with E-state index < -0.39 is 6.04 Å². The van der Waals surface area contributed by atoms with Gasteiger partial charge in [-0.25, -0.2) is 0 Å². The van der Waals surface area contributed by atoms with Gasteiger partial charge >= 0.3 is 0 Å². The van der Waals surface area contributed by atoms with Crippen LogP contribution in [0.15, 0.2) is 24.3 Å². The van der Waals surface area contributed by atoms with Gasteiger partial charge in [0.05, 0.1) is 0 Å². The highest BCUT2D eigenvalue weighted by Gasteiger charge is 2.38.